The van der Waals surface area contributed by atoms with Gasteiger partial charge < -0.3 is 10.1 Å². The quantitative estimate of drug-likeness (QED) is 0.298. The maximum Gasteiger partial charge on any atom is 0.331 e. The van der Waals surface area contributed by atoms with Gasteiger partial charge in [-0.15, -0.1) is 0 Å². The predicted octanol–water partition coefficient (Wildman–Crippen LogP) is 1.23. The van der Waals surface area contributed by atoms with Crippen molar-refractivity contribution in [2.45, 2.75) is 13.8 Å². The number of nitrogens with one attached hydrogen (secondary N) is 1. The first-order valence-electron chi connectivity index (χ1n) is 3.78. The second-order valence-electron chi connectivity index (χ2n) is 2.55. The Kier molecular flexibility index (Phi) is 5.79. The molecule has 0 bridgehead atoms. The summed E-state index contributed by atoms with van der Waals surface area (Å²) < 4.78 is 4.40. The first kappa shape index (κ1) is 10.8. The summed E-state index contributed by atoms with van der Waals surface area (Å²) in [7, 11) is 1.35. The van der Waals surface area contributed by atoms with Gasteiger partial charge in [0.15, 0.2) is 0 Å². The first-order chi connectivity index (χ1) is 5.66. The van der Waals surface area contributed by atoms with Gasteiger partial charge in [0.05, 0.1) is 7.11 Å². The van der Waals surface area contributed by atoms with Crippen LogP contribution in [0.4, 0.5) is 0 Å². The van der Waals surface area contributed by atoms with Gasteiger partial charge in [0.25, 0.3) is 0 Å². The highest BCUT2D eigenvalue weighted by molar-refractivity contribution is 5.81. The lowest BCUT2D eigenvalue weighted by molar-refractivity contribution is -0.134. The van der Waals surface area contributed by atoms with Crippen LogP contribution < -0.4 is 5.32 Å². The normalized spacial score (nSPS) is 9.58. The van der Waals surface area contributed by atoms with Gasteiger partial charge in [-0.25, -0.2) is 4.79 Å². The predicted molar refractivity (Wildman–Crippen MR) is 48.6 cm³/mol. The van der Waals surface area contributed by atoms with E-state index in [2.05, 4.69) is 10.1 Å². The molecule has 68 valence electrons. The lowest BCUT2D eigenvalue weighted by Crippen LogP contribution is -2.06. The standard InChI is InChI=1S/C9H15NO2/c1-8(2)4-6-10-7-5-9(11)12-3/h4-5,7,10H,6H2,1-3H3/b7-5+. The molecule has 0 aromatic heterocycles. The maximum atomic E-state index is 10.5. The van der Waals surface area contributed by atoms with Crippen molar-refractivity contribution in [2.24, 2.45) is 0 Å². The van der Waals surface area contributed by atoms with Crippen LogP contribution in [0.3, 0.4) is 0 Å². The lowest BCUT2D eigenvalue weighted by Gasteiger charge is -1.94. The highest BCUT2D eigenvalue weighted by Crippen LogP contribution is 1.85. The minimum absolute atomic E-state index is 0.348. The van der Waals surface area contributed by atoms with Gasteiger partial charge in [0.1, 0.15) is 0 Å². The molecule has 0 saturated heterocycles. The molecule has 0 aliphatic rings. The third-order valence-corrected chi connectivity index (χ3v) is 1.17. The summed E-state index contributed by atoms with van der Waals surface area (Å²) in [4.78, 5) is 10.5. The summed E-state index contributed by atoms with van der Waals surface area (Å²) in [6.07, 6.45) is 4.95. The first-order valence-corrected chi connectivity index (χ1v) is 3.78. The van der Waals surface area contributed by atoms with Crippen molar-refractivity contribution in [3.8, 4) is 0 Å². The van der Waals surface area contributed by atoms with Gasteiger partial charge in [0, 0.05) is 18.8 Å². The van der Waals surface area contributed by atoms with E-state index in [0.29, 0.717) is 0 Å². The number of allylic oxidation sites excluding steroid dienone is 1. The molecule has 3 heteroatoms. The Morgan fingerprint density at radius 2 is 2.17 bits per heavy atom. The molecule has 3 nitrogen and oxygen atoms in total. The largest absolute Gasteiger partial charge is 0.466 e. The van der Waals surface area contributed by atoms with E-state index in [1.807, 2.05) is 19.9 Å². The number of esters is 1. The molecule has 0 aromatic carbocycles. The van der Waals surface area contributed by atoms with Gasteiger partial charge in [-0.05, 0) is 13.8 Å². The smallest absolute Gasteiger partial charge is 0.331 e. The van der Waals surface area contributed by atoms with Crippen LogP contribution in [0, 0.1) is 0 Å². The Morgan fingerprint density at radius 3 is 2.67 bits per heavy atom. The molecule has 1 N–H and O–H groups in total. The molecule has 12 heavy (non-hydrogen) atoms. The molecule has 0 saturated carbocycles. The molecular formula is C9H15NO2. The summed E-state index contributed by atoms with van der Waals surface area (Å²) in [6, 6.07) is 0. The fourth-order valence-corrected chi connectivity index (χ4v) is 0.526. The Balaban J connectivity index is 3.49. The molecule has 0 fully saturated rings. The maximum absolute atomic E-state index is 10.5. The van der Waals surface area contributed by atoms with Gasteiger partial charge in [-0.2, -0.15) is 0 Å². The van der Waals surface area contributed by atoms with Gasteiger partial charge in [0.2, 0.25) is 0 Å². The monoisotopic (exact) mass is 169 g/mol. The van der Waals surface area contributed by atoms with E-state index in [1.165, 1.54) is 18.8 Å². The van der Waals surface area contributed by atoms with Gasteiger partial charge >= 0.3 is 5.97 Å². The SMILES string of the molecule is COC(=O)/C=C/NCC=C(C)C. The minimum atomic E-state index is -0.348. The lowest BCUT2D eigenvalue weighted by atomic mass is 10.3. The number of carbonyl (C=O) groups excluding carboxylic acids is 1. The van der Waals surface area contributed by atoms with Crippen molar-refractivity contribution < 1.29 is 9.53 Å². The Bertz CT molecular complexity index is 191. The average Bonchev–Trinajstić information content (AvgIpc) is 2.03. The minimum Gasteiger partial charge on any atom is -0.466 e. The zero-order chi connectivity index (χ0) is 9.40. The van der Waals surface area contributed by atoms with Crippen LogP contribution in [0.5, 0.6) is 0 Å². The van der Waals surface area contributed by atoms with Crippen LogP contribution in [0.1, 0.15) is 13.8 Å². The molecule has 0 aliphatic heterocycles. The zero-order valence-electron chi connectivity index (χ0n) is 7.76. The Hall–Kier alpha value is -1.25. The van der Waals surface area contributed by atoms with E-state index < -0.39 is 0 Å². The van der Waals surface area contributed by atoms with Crippen LogP contribution in [0.15, 0.2) is 23.9 Å². The van der Waals surface area contributed by atoms with Crippen molar-refractivity contribution in [1.82, 2.24) is 5.32 Å². The van der Waals surface area contributed by atoms with E-state index in [9.17, 15) is 4.79 Å². The summed E-state index contributed by atoms with van der Waals surface area (Å²) in [5.41, 5.74) is 1.24. The van der Waals surface area contributed by atoms with Crippen molar-refractivity contribution in [1.29, 1.82) is 0 Å². The van der Waals surface area contributed by atoms with E-state index in [4.69, 9.17) is 0 Å². The fourth-order valence-electron chi connectivity index (χ4n) is 0.526. The molecule has 0 unspecified atom stereocenters. The summed E-state index contributed by atoms with van der Waals surface area (Å²) in [5.74, 6) is -0.348. The number of hydrogen-bond donors (Lipinski definition) is 1. The third kappa shape index (κ3) is 6.86. The van der Waals surface area contributed by atoms with Crippen molar-refractivity contribution in [3.63, 3.8) is 0 Å². The highest BCUT2D eigenvalue weighted by atomic mass is 16.5. The topological polar surface area (TPSA) is 38.3 Å². The van der Waals surface area contributed by atoms with E-state index in [1.54, 1.807) is 6.20 Å². The zero-order valence-corrected chi connectivity index (χ0v) is 7.76. The molecule has 0 amide bonds. The summed E-state index contributed by atoms with van der Waals surface area (Å²) in [6.45, 7) is 4.77. The molecule has 0 spiro atoms. The van der Waals surface area contributed by atoms with E-state index >= 15 is 0 Å². The van der Waals surface area contributed by atoms with Crippen molar-refractivity contribution in [3.05, 3.63) is 23.9 Å². The number of ether oxygens (including phenoxy) is 1. The Labute approximate surface area is 73.1 Å². The molecule has 0 atom stereocenters. The van der Waals surface area contributed by atoms with E-state index in [0.717, 1.165) is 6.54 Å². The summed E-state index contributed by atoms with van der Waals surface area (Å²) in [5, 5.41) is 2.92. The molecule has 0 heterocycles. The molecule has 0 aliphatic carbocycles. The molecule has 0 aromatic rings. The molecule has 0 radical (unpaired) electrons. The number of rotatable bonds is 4. The van der Waals surface area contributed by atoms with Crippen molar-refractivity contribution >= 4 is 5.97 Å². The van der Waals surface area contributed by atoms with Gasteiger partial charge in [-0.1, -0.05) is 11.6 Å². The highest BCUT2D eigenvalue weighted by Gasteiger charge is 1.87. The van der Waals surface area contributed by atoms with E-state index in [-0.39, 0.29) is 5.97 Å². The second-order valence-corrected chi connectivity index (χ2v) is 2.55. The fraction of sp³-hybridized carbons (Fsp3) is 0.444. The van der Waals surface area contributed by atoms with Crippen LogP contribution in [-0.4, -0.2) is 19.6 Å². The molecule has 0 rings (SSSR count). The summed E-state index contributed by atoms with van der Waals surface area (Å²) >= 11 is 0. The van der Waals surface area contributed by atoms with Crippen LogP contribution in [-0.2, 0) is 9.53 Å². The number of carbonyl (C=O) groups is 1. The average molecular weight is 169 g/mol. The number of hydrogen-bond acceptors (Lipinski definition) is 3. The van der Waals surface area contributed by atoms with Gasteiger partial charge in [-0.3, -0.25) is 0 Å². The molecular weight excluding hydrogens is 154 g/mol. The third-order valence-electron chi connectivity index (χ3n) is 1.17. The number of methoxy groups -OCH3 is 1. The van der Waals surface area contributed by atoms with Crippen LogP contribution >= 0.6 is 0 Å². The Morgan fingerprint density at radius 1 is 1.50 bits per heavy atom. The second kappa shape index (κ2) is 6.46. The van der Waals surface area contributed by atoms with Crippen molar-refractivity contribution in [2.75, 3.05) is 13.7 Å². The van der Waals surface area contributed by atoms with Crippen LogP contribution in [0.2, 0.25) is 0 Å². The van der Waals surface area contributed by atoms with Crippen LogP contribution in [0.25, 0.3) is 0 Å².